The van der Waals surface area contributed by atoms with Crippen molar-refractivity contribution in [1.82, 2.24) is 10.2 Å². The van der Waals surface area contributed by atoms with Gasteiger partial charge in [-0.1, -0.05) is 12.1 Å². The van der Waals surface area contributed by atoms with Crippen LogP contribution in [0.2, 0.25) is 0 Å². The first-order valence-corrected chi connectivity index (χ1v) is 5.37. The van der Waals surface area contributed by atoms with Crippen LogP contribution >= 0.6 is 34.0 Å². The summed E-state index contributed by atoms with van der Waals surface area (Å²) in [5.74, 6) is 0.442. The molecule has 1 aromatic carbocycles. The number of benzene rings is 1. The number of nitrogens with one attached hydrogen (secondary N) is 1. The van der Waals surface area contributed by atoms with Crippen molar-refractivity contribution in [1.29, 1.82) is 0 Å². The fourth-order valence-corrected chi connectivity index (χ4v) is 2.20. The van der Waals surface area contributed by atoms with Gasteiger partial charge in [0.1, 0.15) is 5.75 Å². The third-order valence-electron chi connectivity index (χ3n) is 2.88. The van der Waals surface area contributed by atoms with E-state index in [4.69, 9.17) is 0 Å². The Morgan fingerprint density at radius 2 is 2.06 bits per heavy atom. The van der Waals surface area contributed by atoms with E-state index in [1.807, 2.05) is 6.07 Å². The molecular formula is C12H20Br2N2O. The van der Waals surface area contributed by atoms with Crippen LogP contribution in [0.4, 0.5) is 0 Å². The summed E-state index contributed by atoms with van der Waals surface area (Å²) in [7, 11) is 4.14. The molecule has 1 aromatic rings. The summed E-state index contributed by atoms with van der Waals surface area (Å²) in [6, 6.07) is 6.15. The Morgan fingerprint density at radius 3 is 2.71 bits per heavy atom. The van der Waals surface area contributed by atoms with Gasteiger partial charge in [0.15, 0.2) is 0 Å². The smallest absolute Gasteiger partial charge is 0.119 e. The van der Waals surface area contributed by atoms with Crippen LogP contribution in [-0.2, 0) is 6.42 Å². The first kappa shape index (κ1) is 16.9. The molecular weight excluding hydrogens is 348 g/mol. The van der Waals surface area contributed by atoms with Crippen LogP contribution in [0, 0.1) is 0 Å². The van der Waals surface area contributed by atoms with E-state index < -0.39 is 0 Å². The molecule has 1 atom stereocenters. The Balaban J connectivity index is 0.00000128. The van der Waals surface area contributed by atoms with E-state index in [-0.39, 0.29) is 34.0 Å². The highest BCUT2D eigenvalue weighted by Gasteiger charge is 2.21. The predicted octanol–water partition coefficient (Wildman–Crippen LogP) is 2.30. The number of phenols is 1. The number of hydrogen-bond donors (Lipinski definition) is 2. The van der Waals surface area contributed by atoms with Crippen molar-refractivity contribution in [2.75, 3.05) is 27.2 Å². The molecule has 0 saturated heterocycles. The predicted molar refractivity (Wildman–Crippen MR) is 81.8 cm³/mol. The van der Waals surface area contributed by atoms with Gasteiger partial charge < -0.3 is 15.3 Å². The van der Waals surface area contributed by atoms with E-state index >= 15 is 0 Å². The van der Waals surface area contributed by atoms with Crippen molar-refractivity contribution in [2.45, 2.75) is 12.5 Å². The molecule has 0 saturated carbocycles. The minimum atomic E-state index is 0. The molecule has 1 aliphatic rings. The van der Waals surface area contributed by atoms with Gasteiger partial charge in [0.2, 0.25) is 0 Å². The number of likely N-dealkylation sites (N-methyl/N-ethyl adjacent to an activating group) is 1. The maximum atomic E-state index is 9.77. The minimum absolute atomic E-state index is 0. The largest absolute Gasteiger partial charge is 0.508 e. The lowest BCUT2D eigenvalue weighted by molar-refractivity contribution is 0.331. The summed E-state index contributed by atoms with van der Waals surface area (Å²) >= 11 is 0. The molecule has 0 aliphatic carbocycles. The molecule has 17 heavy (non-hydrogen) atoms. The van der Waals surface area contributed by atoms with Crippen molar-refractivity contribution < 1.29 is 5.11 Å². The zero-order valence-electron chi connectivity index (χ0n) is 10.1. The van der Waals surface area contributed by atoms with Gasteiger partial charge in [-0.25, -0.2) is 0 Å². The number of phenolic OH excluding ortho intramolecular Hbond substituents is 1. The van der Waals surface area contributed by atoms with Crippen molar-refractivity contribution >= 4 is 34.0 Å². The lowest BCUT2D eigenvalue weighted by Gasteiger charge is -2.29. The van der Waals surface area contributed by atoms with Gasteiger partial charge >= 0.3 is 0 Å². The van der Waals surface area contributed by atoms with E-state index in [9.17, 15) is 5.11 Å². The first-order valence-electron chi connectivity index (χ1n) is 5.37. The maximum Gasteiger partial charge on any atom is 0.119 e. The van der Waals surface area contributed by atoms with Crippen LogP contribution in [0.5, 0.6) is 5.75 Å². The van der Waals surface area contributed by atoms with Crippen LogP contribution in [0.3, 0.4) is 0 Å². The normalized spacial score (nSPS) is 17.9. The summed E-state index contributed by atoms with van der Waals surface area (Å²) in [4.78, 5) is 2.16. The van der Waals surface area contributed by atoms with Crippen molar-refractivity contribution in [3.05, 3.63) is 29.3 Å². The van der Waals surface area contributed by atoms with Crippen LogP contribution in [0.25, 0.3) is 0 Å². The molecule has 2 N–H and O–H groups in total. The quantitative estimate of drug-likeness (QED) is 0.841. The standard InChI is InChI=1S/C12H18N2O.2BrH/c1-14(2)8-11-9-4-3-5-12(15)10(9)6-7-13-11;;/h3-5,11,13,15H,6-8H2,1-2H3;2*1H. The molecule has 1 heterocycles. The summed E-state index contributed by atoms with van der Waals surface area (Å²) in [6.07, 6.45) is 0.923. The highest BCUT2D eigenvalue weighted by molar-refractivity contribution is 8.93. The van der Waals surface area contributed by atoms with Gasteiger partial charge in [-0.05, 0) is 44.3 Å². The summed E-state index contributed by atoms with van der Waals surface area (Å²) in [5.41, 5.74) is 2.36. The van der Waals surface area contributed by atoms with E-state index in [0.29, 0.717) is 11.8 Å². The lowest BCUT2D eigenvalue weighted by Crippen LogP contribution is -2.36. The Hall–Kier alpha value is -0.100. The Morgan fingerprint density at radius 1 is 1.35 bits per heavy atom. The van der Waals surface area contributed by atoms with E-state index in [2.05, 4.69) is 30.4 Å². The van der Waals surface area contributed by atoms with Gasteiger partial charge in [-0.15, -0.1) is 34.0 Å². The molecule has 0 amide bonds. The van der Waals surface area contributed by atoms with E-state index in [1.165, 1.54) is 5.56 Å². The molecule has 0 spiro atoms. The SMILES string of the molecule is Br.Br.CN(C)CC1NCCc2c(O)cccc21. The highest BCUT2D eigenvalue weighted by Crippen LogP contribution is 2.29. The van der Waals surface area contributed by atoms with Crippen LogP contribution in [-0.4, -0.2) is 37.2 Å². The van der Waals surface area contributed by atoms with Crippen molar-refractivity contribution in [2.24, 2.45) is 0 Å². The number of fused-ring (bicyclic) bond motifs is 1. The van der Waals surface area contributed by atoms with E-state index in [1.54, 1.807) is 6.07 Å². The van der Waals surface area contributed by atoms with Gasteiger partial charge in [0.05, 0.1) is 0 Å². The Labute approximate surface area is 124 Å². The fraction of sp³-hybridized carbons (Fsp3) is 0.500. The molecule has 1 unspecified atom stereocenters. The summed E-state index contributed by atoms with van der Waals surface area (Å²) in [5, 5.41) is 13.2. The lowest BCUT2D eigenvalue weighted by atomic mass is 9.93. The number of nitrogens with zero attached hydrogens (tertiary/aromatic N) is 1. The highest BCUT2D eigenvalue weighted by atomic mass is 79.9. The van der Waals surface area contributed by atoms with Gasteiger partial charge in [0, 0.05) is 12.6 Å². The molecule has 0 bridgehead atoms. The Kier molecular flexibility index (Phi) is 7.32. The van der Waals surface area contributed by atoms with E-state index in [0.717, 1.165) is 25.1 Å². The second-order valence-electron chi connectivity index (χ2n) is 4.36. The number of hydrogen-bond acceptors (Lipinski definition) is 3. The van der Waals surface area contributed by atoms with Gasteiger partial charge in [-0.3, -0.25) is 0 Å². The number of aromatic hydroxyl groups is 1. The zero-order valence-corrected chi connectivity index (χ0v) is 13.6. The fourth-order valence-electron chi connectivity index (χ4n) is 2.20. The average Bonchev–Trinajstić information content (AvgIpc) is 2.19. The van der Waals surface area contributed by atoms with Crippen molar-refractivity contribution in [3.8, 4) is 5.75 Å². The monoisotopic (exact) mass is 366 g/mol. The second-order valence-corrected chi connectivity index (χ2v) is 4.36. The molecule has 5 heteroatoms. The second kappa shape index (κ2) is 7.36. The van der Waals surface area contributed by atoms with Gasteiger partial charge in [-0.2, -0.15) is 0 Å². The van der Waals surface area contributed by atoms with Crippen molar-refractivity contribution in [3.63, 3.8) is 0 Å². The zero-order chi connectivity index (χ0) is 10.8. The minimum Gasteiger partial charge on any atom is -0.508 e. The van der Waals surface area contributed by atoms with Crippen LogP contribution in [0.1, 0.15) is 17.2 Å². The van der Waals surface area contributed by atoms with Gasteiger partial charge in [0.25, 0.3) is 0 Å². The summed E-state index contributed by atoms with van der Waals surface area (Å²) < 4.78 is 0. The topological polar surface area (TPSA) is 35.5 Å². The molecule has 0 fully saturated rings. The molecule has 1 aliphatic heterocycles. The third-order valence-corrected chi connectivity index (χ3v) is 2.88. The maximum absolute atomic E-state index is 9.77. The molecule has 0 aromatic heterocycles. The van der Waals surface area contributed by atoms with Crippen LogP contribution in [0.15, 0.2) is 18.2 Å². The van der Waals surface area contributed by atoms with Crippen LogP contribution < -0.4 is 5.32 Å². The number of rotatable bonds is 2. The average molecular weight is 368 g/mol. The molecule has 3 nitrogen and oxygen atoms in total. The third kappa shape index (κ3) is 3.95. The number of halogens is 2. The molecule has 0 radical (unpaired) electrons. The first-order chi connectivity index (χ1) is 7.18. The summed E-state index contributed by atoms with van der Waals surface area (Å²) in [6.45, 7) is 1.92. The molecule has 98 valence electrons. The molecule has 2 rings (SSSR count). The Bertz CT molecular complexity index is 358.